The van der Waals surface area contributed by atoms with E-state index in [9.17, 15) is 18.5 Å². The topological polar surface area (TPSA) is 113 Å². The van der Waals surface area contributed by atoms with Crippen molar-refractivity contribution < 1.29 is 13.2 Å². The van der Waals surface area contributed by atoms with E-state index in [0.29, 0.717) is 5.69 Å². The Kier molecular flexibility index (Phi) is 5.60. The lowest BCUT2D eigenvalue weighted by Gasteiger charge is -2.08. The molecule has 3 N–H and O–H groups in total. The number of hydrogen-bond acceptors (Lipinski definition) is 4. The molecule has 7 heteroatoms. The summed E-state index contributed by atoms with van der Waals surface area (Å²) < 4.78 is 22.5. The Labute approximate surface area is 153 Å². The van der Waals surface area contributed by atoms with Crippen molar-refractivity contribution in [2.24, 2.45) is 5.14 Å². The van der Waals surface area contributed by atoms with Crippen LogP contribution in [0.2, 0.25) is 0 Å². The maximum atomic E-state index is 12.3. The van der Waals surface area contributed by atoms with Crippen molar-refractivity contribution in [1.82, 2.24) is 0 Å². The zero-order chi connectivity index (χ0) is 19.5. The van der Waals surface area contributed by atoms with Crippen LogP contribution in [-0.2, 0) is 14.8 Å². The highest BCUT2D eigenvalue weighted by Gasteiger charge is 2.12. The third-order valence-electron chi connectivity index (χ3n) is 3.99. The molecule has 0 unspecified atom stereocenters. The maximum absolute atomic E-state index is 12.3. The monoisotopic (exact) mass is 369 g/mol. The summed E-state index contributed by atoms with van der Waals surface area (Å²) in [6, 6.07) is 11.2. The lowest BCUT2D eigenvalue weighted by Crippen LogP contribution is -2.14. The second-order valence-electron chi connectivity index (χ2n) is 5.99. The molecule has 0 aromatic heterocycles. The van der Waals surface area contributed by atoms with Gasteiger partial charge in [0.2, 0.25) is 10.0 Å². The quantitative estimate of drug-likeness (QED) is 0.637. The first-order valence-electron chi connectivity index (χ1n) is 7.75. The Morgan fingerprint density at radius 1 is 1.08 bits per heavy atom. The lowest BCUT2D eigenvalue weighted by molar-refractivity contribution is -0.112. The van der Waals surface area contributed by atoms with E-state index in [0.717, 1.165) is 22.3 Å². The van der Waals surface area contributed by atoms with Crippen molar-refractivity contribution in [1.29, 1.82) is 5.26 Å². The van der Waals surface area contributed by atoms with E-state index in [-0.39, 0.29) is 10.5 Å². The molecule has 26 heavy (non-hydrogen) atoms. The molecular weight excluding hydrogens is 350 g/mol. The summed E-state index contributed by atoms with van der Waals surface area (Å²) in [5.74, 6) is -0.575. The van der Waals surface area contributed by atoms with Crippen molar-refractivity contribution in [2.45, 2.75) is 25.7 Å². The smallest absolute Gasteiger partial charge is 0.266 e. The number of anilines is 1. The van der Waals surface area contributed by atoms with E-state index in [1.807, 2.05) is 39.0 Å². The number of rotatable bonds is 4. The highest BCUT2D eigenvalue weighted by molar-refractivity contribution is 7.89. The summed E-state index contributed by atoms with van der Waals surface area (Å²) in [6.45, 7) is 5.88. The molecule has 0 saturated carbocycles. The van der Waals surface area contributed by atoms with Crippen LogP contribution < -0.4 is 10.5 Å². The number of carbonyl (C=O) groups excluding carboxylic acids is 1. The van der Waals surface area contributed by atoms with Gasteiger partial charge in [-0.15, -0.1) is 0 Å². The molecule has 2 rings (SSSR count). The number of sulfonamides is 1. The minimum atomic E-state index is -3.80. The van der Waals surface area contributed by atoms with E-state index in [1.54, 1.807) is 0 Å². The predicted molar refractivity (Wildman–Crippen MR) is 101 cm³/mol. The van der Waals surface area contributed by atoms with E-state index in [4.69, 9.17) is 5.14 Å². The van der Waals surface area contributed by atoms with Gasteiger partial charge in [-0.3, -0.25) is 4.79 Å². The minimum Gasteiger partial charge on any atom is -0.321 e. The van der Waals surface area contributed by atoms with Gasteiger partial charge in [-0.05, 0) is 73.4 Å². The number of nitrogens with one attached hydrogen (secondary N) is 1. The number of amides is 1. The Hall–Kier alpha value is -2.95. The molecule has 0 heterocycles. The first kappa shape index (κ1) is 19.4. The Morgan fingerprint density at radius 2 is 1.65 bits per heavy atom. The van der Waals surface area contributed by atoms with Crippen LogP contribution in [0.25, 0.3) is 6.08 Å². The largest absolute Gasteiger partial charge is 0.321 e. The molecule has 0 atom stereocenters. The number of hydrogen-bond donors (Lipinski definition) is 2. The second-order valence-corrected chi connectivity index (χ2v) is 7.55. The van der Waals surface area contributed by atoms with Crippen LogP contribution in [0.1, 0.15) is 22.3 Å². The van der Waals surface area contributed by atoms with Gasteiger partial charge in [0, 0.05) is 5.69 Å². The molecule has 0 radical (unpaired) electrons. The van der Waals surface area contributed by atoms with Crippen molar-refractivity contribution >= 4 is 27.7 Å². The molecule has 0 fully saturated rings. The number of carbonyl (C=O) groups is 1. The molecule has 0 bridgehead atoms. The normalized spacial score (nSPS) is 11.7. The van der Waals surface area contributed by atoms with Gasteiger partial charge in [0.15, 0.2) is 0 Å². The van der Waals surface area contributed by atoms with Gasteiger partial charge < -0.3 is 5.32 Å². The fourth-order valence-electron chi connectivity index (χ4n) is 2.37. The van der Waals surface area contributed by atoms with Crippen LogP contribution in [-0.4, -0.2) is 14.3 Å². The molecule has 2 aromatic carbocycles. The Bertz CT molecular complexity index is 1030. The summed E-state index contributed by atoms with van der Waals surface area (Å²) in [7, 11) is -3.80. The lowest BCUT2D eigenvalue weighted by atomic mass is 9.99. The van der Waals surface area contributed by atoms with Crippen molar-refractivity contribution in [3.8, 4) is 6.07 Å². The van der Waals surface area contributed by atoms with Crippen molar-refractivity contribution in [3.05, 3.63) is 64.2 Å². The number of aryl methyl sites for hydroxylation is 3. The summed E-state index contributed by atoms with van der Waals surface area (Å²) in [6.07, 6.45) is 1.54. The molecule has 0 aliphatic rings. The molecule has 0 saturated heterocycles. The van der Waals surface area contributed by atoms with E-state index in [2.05, 4.69) is 5.32 Å². The zero-order valence-corrected chi connectivity index (χ0v) is 15.5. The van der Waals surface area contributed by atoms with Gasteiger partial charge in [0.05, 0.1) is 4.90 Å². The number of primary sulfonamides is 1. The average molecular weight is 369 g/mol. The van der Waals surface area contributed by atoms with E-state index >= 15 is 0 Å². The van der Waals surface area contributed by atoms with Crippen LogP contribution in [0.5, 0.6) is 0 Å². The van der Waals surface area contributed by atoms with Gasteiger partial charge in [-0.1, -0.05) is 12.1 Å². The summed E-state index contributed by atoms with van der Waals surface area (Å²) in [5.41, 5.74) is 4.28. The van der Waals surface area contributed by atoms with Crippen LogP contribution >= 0.6 is 0 Å². The van der Waals surface area contributed by atoms with Gasteiger partial charge in [-0.25, -0.2) is 13.6 Å². The van der Waals surface area contributed by atoms with E-state index in [1.165, 1.54) is 30.3 Å². The Balaban J connectivity index is 2.27. The third-order valence-corrected chi connectivity index (χ3v) is 4.92. The molecule has 6 nitrogen and oxygen atoms in total. The number of nitrogens with two attached hydrogens (primary N) is 1. The summed E-state index contributed by atoms with van der Waals surface area (Å²) in [5, 5.41) is 16.9. The van der Waals surface area contributed by atoms with Gasteiger partial charge in [0.25, 0.3) is 5.91 Å². The fourth-order valence-corrected chi connectivity index (χ4v) is 2.88. The van der Waals surface area contributed by atoms with E-state index < -0.39 is 15.9 Å². The molecule has 1 amide bonds. The molecule has 2 aromatic rings. The van der Waals surface area contributed by atoms with Crippen LogP contribution in [0.15, 0.2) is 46.9 Å². The molecule has 0 aliphatic carbocycles. The standard InChI is InChI=1S/C19H19N3O3S/c1-12-8-14(3)15(9-13(12)2)10-16(11-20)19(23)22-17-4-6-18(7-5-17)26(21,24)25/h4-10H,1-3H3,(H,22,23)(H2,21,24,25)/b16-10+. The SMILES string of the molecule is Cc1cc(C)c(/C=C(\C#N)C(=O)Nc2ccc(S(N)(=O)=O)cc2)cc1C. The molecule has 0 spiro atoms. The second kappa shape index (κ2) is 7.52. The highest BCUT2D eigenvalue weighted by atomic mass is 32.2. The highest BCUT2D eigenvalue weighted by Crippen LogP contribution is 2.19. The molecular formula is C19H19N3O3S. The maximum Gasteiger partial charge on any atom is 0.266 e. The fraction of sp³-hybridized carbons (Fsp3) is 0.158. The summed E-state index contributed by atoms with van der Waals surface area (Å²) in [4.78, 5) is 12.3. The predicted octanol–water partition coefficient (Wildman–Crippen LogP) is 2.80. The van der Waals surface area contributed by atoms with Crippen molar-refractivity contribution in [3.63, 3.8) is 0 Å². The first-order valence-corrected chi connectivity index (χ1v) is 9.30. The van der Waals surface area contributed by atoms with Crippen LogP contribution in [0.3, 0.4) is 0 Å². The molecule has 134 valence electrons. The Morgan fingerprint density at radius 3 is 2.19 bits per heavy atom. The van der Waals surface area contributed by atoms with Gasteiger partial charge in [-0.2, -0.15) is 5.26 Å². The van der Waals surface area contributed by atoms with Crippen LogP contribution in [0, 0.1) is 32.1 Å². The number of nitrogens with zero attached hydrogens (tertiary/aromatic N) is 1. The third kappa shape index (κ3) is 4.57. The number of benzene rings is 2. The van der Waals surface area contributed by atoms with Crippen molar-refractivity contribution in [2.75, 3.05) is 5.32 Å². The minimum absolute atomic E-state index is 0.0492. The van der Waals surface area contributed by atoms with Gasteiger partial charge >= 0.3 is 0 Å². The zero-order valence-electron chi connectivity index (χ0n) is 14.7. The number of nitriles is 1. The first-order chi connectivity index (χ1) is 12.1. The average Bonchev–Trinajstić information content (AvgIpc) is 2.56. The summed E-state index contributed by atoms with van der Waals surface area (Å²) >= 11 is 0. The van der Waals surface area contributed by atoms with Gasteiger partial charge in [0.1, 0.15) is 11.6 Å². The van der Waals surface area contributed by atoms with Crippen LogP contribution in [0.4, 0.5) is 5.69 Å². The molecule has 0 aliphatic heterocycles.